The number of morpholine rings is 1. The quantitative estimate of drug-likeness (QED) is 0.463. The van der Waals surface area contributed by atoms with E-state index >= 15 is 0 Å². The number of hydrogen-bond donors (Lipinski definition) is 3. The molecule has 166 valence electrons. The Morgan fingerprint density at radius 3 is 2.88 bits per heavy atom. The summed E-state index contributed by atoms with van der Waals surface area (Å²) >= 11 is 0. The third-order valence-electron chi connectivity index (χ3n) is 5.83. The third-order valence-corrected chi connectivity index (χ3v) is 5.83. The summed E-state index contributed by atoms with van der Waals surface area (Å²) in [5.74, 6) is 1.22. The van der Waals surface area contributed by atoms with Gasteiger partial charge in [0.2, 0.25) is 11.9 Å². The van der Waals surface area contributed by atoms with Gasteiger partial charge in [-0.3, -0.25) is 4.79 Å². The number of fused-ring (bicyclic) bond motifs is 1. The van der Waals surface area contributed by atoms with Crippen molar-refractivity contribution in [3.05, 3.63) is 52.2 Å². The summed E-state index contributed by atoms with van der Waals surface area (Å²) in [5.41, 5.74) is 7.61. The van der Waals surface area contributed by atoms with Crippen molar-refractivity contribution < 1.29 is 9.53 Å². The van der Waals surface area contributed by atoms with E-state index in [0.29, 0.717) is 25.6 Å². The van der Waals surface area contributed by atoms with Crippen LogP contribution in [0.4, 0.5) is 11.8 Å². The van der Waals surface area contributed by atoms with Gasteiger partial charge in [0.05, 0.1) is 31.2 Å². The maximum Gasteiger partial charge on any atom is 0.247 e. The Kier molecular flexibility index (Phi) is 5.83. The van der Waals surface area contributed by atoms with Gasteiger partial charge >= 0.3 is 0 Å². The summed E-state index contributed by atoms with van der Waals surface area (Å²) in [6.07, 6.45) is 4.15. The fraction of sp³-hybridized carbons (Fsp3) is 0.391. The maximum atomic E-state index is 12.7. The second-order valence-corrected chi connectivity index (χ2v) is 8.29. The summed E-state index contributed by atoms with van der Waals surface area (Å²) in [5, 5.41) is 10.6. The van der Waals surface area contributed by atoms with Crippen LogP contribution >= 0.6 is 0 Å². The number of amides is 1. The molecule has 3 aliphatic rings. The third kappa shape index (κ3) is 4.49. The summed E-state index contributed by atoms with van der Waals surface area (Å²) in [4.78, 5) is 24.3. The molecule has 1 aliphatic carbocycles. The minimum Gasteiger partial charge on any atom is -0.378 e. The van der Waals surface area contributed by atoms with Crippen LogP contribution in [-0.4, -0.2) is 67.5 Å². The first-order chi connectivity index (χ1) is 15.7. The van der Waals surface area contributed by atoms with E-state index in [1.165, 1.54) is 5.56 Å². The van der Waals surface area contributed by atoms with Crippen LogP contribution in [0.2, 0.25) is 0 Å². The van der Waals surface area contributed by atoms with Gasteiger partial charge in [-0.05, 0) is 18.6 Å². The number of hydrazone groups is 1. The molecule has 1 aromatic carbocycles. The van der Waals surface area contributed by atoms with Gasteiger partial charge in [-0.15, -0.1) is 0 Å². The van der Waals surface area contributed by atoms with E-state index in [1.807, 2.05) is 31.2 Å². The lowest BCUT2D eigenvalue weighted by Crippen LogP contribution is -2.57. The molecular weight excluding hydrogens is 406 g/mol. The predicted molar refractivity (Wildman–Crippen MR) is 124 cm³/mol. The number of nitrogens with zero attached hydrogens (tertiary/aromatic N) is 4. The lowest BCUT2D eigenvalue weighted by molar-refractivity contribution is -0.118. The highest BCUT2D eigenvalue weighted by Gasteiger charge is 2.29. The molecule has 1 amide bonds. The molecule has 2 aliphatic heterocycles. The molecule has 0 saturated carbocycles. The zero-order chi connectivity index (χ0) is 21.9. The van der Waals surface area contributed by atoms with Crippen molar-refractivity contribution in [2.45, 2.75) is 19.4 Å². The normalized spacial score (nSPS) is 18.3. The van der Waals surface area contributed by atoms with Gasteiger partial charge in [-0.25, -0.2) is 10.4 Å². The topological polar surface area (TPSA) is 104 Å². The van der Waals surface area contributed by atoms with Crippen LogP contribution < -0.4 is 21.0 Å². The fourth-order valence-electron chi connectivity index (χ4n) is 4.00. The van der Waals surface area contributed by atoms with Crippen molar-refractivity contribution in [2.75, 3.05) is 49.7 Å². The van der Waals surface area contributed by atoms with E-state index in [9.17, 15) is 4.79 Å². The number of nitrogens with one attached hydrogen (secondary N) is 3. The zero-order valence-corrected chi connectivity index (χ0v) is 18.1. The number of anilines is 2. The Hall–Kier alpha value is -3.30. The Morgan fingerprint density at radius 1 is 1.28 bits per heavy atom. The summed E-state index contributed by atoms with van der Waals surface area (Å²) in [6.45, 7) is 6.50. The Balaban J connectivity index is 1.39. The van der Waals surface area contributed by atoms with Crippen LogP contribution in [0.15, 0.2) is 34.9 Å². The molecule has 5 rings (SSSR count). The smallest absolute Gasteiger partial charge is 0.247 e. The standard InChI is InChI=1S/C23H27N7O2/c1-15-3-2-4-16(9-15)12-25-29-23-27-20-11-17(22(31)26-18-13-24-14-18)10-19(20)21(28-23)30-5-7-32-8-6-30/h2-4,9,11-12,18,24H,5-8,10,13-14H2,1H3,(H,26,31)(H,27,28,29)/b25-12+. The molecule has 0 bridgehead atoms. The second kappa shape index (κ2) is 9.05. The zero-order valence-electron chi connectivity index (χ0n) is 18.1. The minimum atomic E-state index is -0.0330. The van der Waals surface area contributed by atoms with Crippen molar-refractivity contribution in [3.63, 3.8) is 0 Å². The van der Waals surface area contributed by atoms with Crippen LogP contribution in [0.1, 0.15) is 22.4 Å². The van der Waals surface area contributed by atoms with Gasteiger partial charge in [-0.2, -0.15) is 10.1 Å². The van der Waals surface area contributed by atoms with E-state index in [2.05, 4.69) is 37.1 Å². The largest absolute Gasteiger partial charge is 0.378 e. The molecule has 9 nitrogen and oxygen atoms in total. The summed E-state index contributed by atoms with van der Waals surface area (Å²) in [6, 6.07) is 8.29. The van der Waals surface area contributed by atoms with Crippen LogP contribution in [0, 0.1) is 6.92 Å². The van der Waals surface area contributed by atoms with Gasteiger partial charge < -0.3 is 20.3 Å². The molecule has 3 N–H and O–H groups in total. The van der Waals surface area contributed by atoms with Gasteiger partial charge in [-0.1, -0.05) is 29.8 Å². The second-order valence-electron chi connectivity index (χ2n) is 8.29. The summed E-state index contributed by atoms with van der Waals surface area (Å²) < 4.78 is 5.51. The highest BCUT2D eigenvalue weighted by molar-refractivity contribution is 6.00. The Morgan fingerprint density at radius 2 is 2.12 bits per heavy atom. The molecule has 2 aromatic rings. The Labute approximate surface area is 187 Å². The minimum absolute atomic E-state index is 0.0330. The van der Waals surface area contributed by atoms with E-state index < -0.39 is 0 Å². The molecule has 3 heterocycles. The number of hydrogen-bond acceptors (Lipinski definition) is 8. The van der Waals surface area contributed by atoms with Crippen LogP contribution in [0.5, 0.6) is 0 Å². The van der Waals surface area contributed by atoms with Crippen molar-refractivity contribution in [3.8, 4) is 0 Å². The SMILES string of the molecule is Cc1cccc(/C=N/Nc2nc3c(c(N4CCOCC4)n2)CC(C(=O)NC2CNC2)=C3)c1. The molecule has 9 heteroatoms. The van der Waals surface area contributed by atoms with Gasteiger partial charge in [0.15, 0.2) is 0 Å². The molecule has 0 radical (unpaired) electrons. The van der Waals surface area contributed by atoms with Crippen LogP contribution in [0.3, 0.4) is 0 Å². The maximum absolute atomic E-state index is 12.7. The van der Waals surface area contributed by atoms with Crippen molar-refractivity contribution in [1.82, 2.24) is 20.6 Å². The number of rotatable bonds is 6. The van der Waals surface area contributed by atoms with Gasteiger partial charge in [0, 0.05) is 43.7 Å². The average molecular weight is 434 g/mol. The Bertz CT molecular complexity index is 1070. The molecule has 2 saturated heterocycles. The summed E-state index contributed by atoms with van der Waals surface area (Å²) in [7, 11) is 0. The van der Waals surface area contributed by atoms with Crippen molar-refractivity contribution in [1.29, 1.82) is 0 Å². The first-order valence-electron chi connectivity index (χ1n) is 11.0. The van der Waals surface area contributed by atoms with Crippen molar-refractivity contribution in [2.24, 2.45) is 5.10 Å². The number of aromatic nitrogens is 2. The van der Waals surface area contributed by atoms with Gasteiger partial charge in [0.25, 0.3) is 0 Å². The van der Waals surface area contributed by atoms with E-state index in [4.69, 9.17) is 9.72 Å². The molecule has 1 aromatic heterocycles. The molecule has 0 spiro atoms. The molecule has 2 fully saturated rings. The van der Waals surface area contributed by atoms with Crippen LogP contribution in [-0.2, 0) is 16.0 Å². The predicted octanol–water partition coefficient (Wildman–Crippen LogP) is 1.10. The first-order valence-corrected chi connectivity index (χ1v) is 11.0. The molecular formula is C23H27N7O2. The van der Waals surface area contributed by atoms with E-state index in [1.54, 1.807) is 6.21 Å². The molecule has 0 atom stereocenters. The lowest BCUT2D eigenvalue weighted by Gasteiger charge is -2.29. The van der Waals surface area contributed by atoms with Crippen molar-refractivity contribution >= 4 is 30.0 Å². The van der Waals surface area contributed by atoms with Gasteiger partial charge in [0.1, 0.15) is 5.82 Å². The molecule has 0 unspecified atom stereocenters. The lowest BCUT2D eigenvalue weighted by atomic mass is 10.1. The number of carbonyl (C=O) groups excluding carboxylic acids is 1. The molecule has 32 heavy (non-hydrogen) atoms. The average Bonchev–Trinajstić information content (AvgIpc) is 3.21. The van der Waals surface area contributed by atoms with E-state index in [-0.39, 0.29) is 11.9 Å². The highest BCUT2D eigenvalue weighted by atomic mass is 16.5. The fourth-order valence-corrected chi connectivity index (χ4v) is 4.00. The highest BCUT2D eigenvalue weighted by Crippen LogP contribution is 2.32. The number of aryl methyl sites for hydroxylation is 1. The van der Waals surface area contributed by atoms with Crippen LogP contribution in [0.25, 0.3) is 6.08 Å². The first kappa shape index (κ1) is 20.6. The number of ether oxygens (including phenoxy) is 1. The van der Waals surface area contributed by atoms with E-state index in [0.717, 1.165) is 54.4 Å². The number of carbonyl (C=O) groups is 1. The monoisotopic (exact) mass is 433 g/mol. The number of benzene rings is 1.